The minimum atomic E-state index is -3.39. The highest BCUT2D eigenvalue weighted by molar-refractivity contribution is 7.57. The molecule has 0 bridgehead atoms. The van der Waals surface area contributed by atoms with Gasteiger partial charge in [-0.05, 0) is 0 Å². The van der Waals surface area contributed by atoms with Crippen LogP contribution in [-0.2, 0) is 0 Å². The van der Waals surface area contributed by atoms with E-state index < -0.39 is 7.94 Å². The molecule has 6 N–H and O–H groups in total. The SMILES string of the molecule is C[P+](O)(O)O.N. The number of hydrogen-bond acceptors (Lipinski definition) is 4. The summed E-state index contributed by atoms with van der Waals surface area (Å²) in [5.74, 6) is 0. The molecule has 5 heteroatoms. The highest BCUT2D eigenvalue weighted by Crippen LogP contribution is 2.38. The maximum Gasteiger partial charge on any atom is 0.400 e. The van der Waals surface area contributed by atoms with E-state index in [2.05, 4.69) is 0 Å². The van der Waals surface area contributed by atoms with E-state index in [1.165, 1.54) is 0 Å². The van der Waals surface area contributed by atoms with Gasteiger partial charge in [0, 0.05) is 0 Å². The number of hydrogen-bond donors (Lipinski definition) is 4. The fraction of sp³-hybridized carbons (Fsp3) is 1.00. The van der Waals surface area contributed by atoms with Crippen LogP contribution in [0.25, 0.3) is 0 Å². The van der Waals surface area contributed by atoms with E-state index in [-0.39, 0.29) is 6.15 Å². The van der Waals surface area contributed by atoms with Crippen LogP contribution in [0.3, 0.4) is 0 Å². The highest BCUT2D eigenvalue weighted by Gasteiger charge is 2.17. The van der Waals surface area contributed by atoms with Crippen molar-refractivity contribution in [2.24, 2.45) is 0 Å². The Morgan fingerprint density at radius 2 is 1.17 bits per heavy atom. The van der Waals surface area contributed by atoms with Crippen LogP contribution in [0.1, 0.15) is 0 Å². The van der Waals surface area contributed by atoms with Crippen LogP contribution >= 0.6 is 7.94 Å². The standard InChI is InChI=1S/CH6O3P.H3N/c1-5(2,3)4;/h2-4H,1H3;1H3/q+1;. The van der Waals surface area contributed by atoms with Crippen molar-refractivity contribution in [1.29, 1.82) is 0 Å². The summed E-state index contributed by atoms with van der Waals surface area (Å²) < 4.78 is 0. The van der Waals surface area contributed by atoms with Crippen molar-refractivity contribution in [1.82, 2.24) is 6.15 Å². The lowest BCUT2D eigenvalue weighted by Gasteiger charge is -1.88. The normalized spacial score (nSPS) is 10.0. The lowest BCUT2D eigenvalue weighted by Crippen LogP contribution is -1.78. The summed E-state index contributed by atoms with van der Waals surface area (Å²) in [6.07, 6.45) is 0. The van der Waals surface area contributed by atoms with E-state index in [4.69, 9.17) is 14.7 Å². The molecule has 40 valence electrons. The van der Waals surface area contributed by atoms with E-state index >= 15 is 0 Å². The second-order valence-corrected chi connectivity index (χ2v) is 2.60. The van der Waals surface area contributed by atoms with Crippen LogP contribution in [-0.4, -0.2) is 21.3 Å². The minimum Gasteiger partial charge on any atom is -0.344 e. The van der Waals surface area contributed by atoms with Crippen molar-refractivity contribution in [3.8, 4) is 0 Å². The molecule has 0 aromatic carbocycles. The summed E-state index contributed by atoms with van der Waals surface area (Å²) in [7, 11) is -3.39. The van der Waals surface area contributed by atoms with Gasteiger partial charge in [0.2, 0.25) is 0 Å². The first-order chi connectivity index (χ1) is 2.00. The Bertz CT molecular complexity index is 26.3. The fourth-order valence-electron chi connectivity index (χ4n) is 0. The summed E-state index contributed by atoms with van der Waals surface area (Å²) in [6, 6.07) is 0. The molecular formula is CH9NO3P+. The molecule has 6 heavy (non-hydrogen) atoms. The summed E-state index contributed by atoms with van der Waals surface area (Å²) >= 11 is 0. The molecule has 0 amide bonds. The third-order valence-electron chi connectivity index (χ3n) is 0. The van der Waals surface area contributed by atoms with Crippen molar-refractivity contribution in [2.45, 2.75) is 0 Å². The summed E-state index contributed by atoms with van der Waals surface area (Å²) in [5, 5.41) is 0. The summed E-state index contributed by atoms with van der Waals surface area (Å²) in [6.45, 7) is 0.965. The van der Waals surface area contributed by atoms with Gasteiger partial charge in [0.15, 0.2) is 0 Å². The minimum absolute atomic E-state index is 0. The van der Waals surface area contributed by atoms with E-state index in [0.29, 0.717) is 0 Å². The van der Waals surface area contributed by atoms with Gasteiger partial charge < -0.3 is 6.15 Å². The van der Waals surface area contributed by atoms with Crippen molar-refractivity contribution >= 4 is 7.94 Å². The Morgan fingerprint density at radius 3 is 1.17 bits per heavy atom. The molecule has 0 rings (SSSR count). The first kappa shape index (κ1) is 9.55. The maximum absolute atomic E-state index is 7.74. The molecule has 0 aliphatic heterocycles. The third kappa shape index (κ3) is 626. The largest absolute Gasteiger partial charge is 0.400 e. The van der Waals surface area contributed by atoms with Gasteiger partial charge in [0.05, 0.1) is 0 Å². The van der Waals surface area contributed by atoms with Gasteiger partial charge in [-0.15, -0.1) is 0 Å². The van der Waals surface area contributed by atoms with Gasteiger partial charge in [-0.3, -0.25) is 0 Å². The molecule has 4 nitrogen and oxygen atoms in total. The van der Waals surface area contributed by atoms with Crippen LogP contribution in [0.4, 0.5) is 0 Å². The topological polar surface area (TPSA) is 95.7 Å². The summed E-state index contributed by atoms with van der Waals surface area (Å²) in [5.41, 5.74) is 0. The predicted octanol–water partition coefficient (Wildman–Crippen LogP) is -0.482. The van der Waals surface area contributed by atoms with Crippen LogP contribution < -0.4 is 6.15 Å². The van der Waals surface area contributed by atoms with Gasteiger partial charge in [0.25, 0.3) is 0 Å². The average Bonchev–Trinajstić information content (AvgIpc) is 0.722. The monoisotopic (exact) mass is 114 g/mol. The molecule has 0 heterocycles. The zero-order chi connectivity index (χ0) is 4.50. The van der Waals surface area contributed by atoms with E-state index in [9.17, 15) is 0 Å². The lowest BCUT2D eigenvalue weighted by molar-refractivity contribution is 0.340. The van der Waals surface area contributed by atoms with Crippen LogP contribution in [0, 0.1) is 0 Å². The van der Waals surface area contributed by atoms with Gasteiger partial charge >= 0.3 is 7.94 Å². The van der Waals surface area contributed by atoms with E-state index in [0.717, 1.165) is 6.66 Å². The van der Waals surface area contributed by atoms with Crippen molar-refractivity contribution < 1.29 is 14.7 Å². The Kier molecular flexibility index (Phi) is 3.89. The lowest BCUT2D eigenvalue weighted by atomic mass is 12.0. The Balaban J connectivity index is 0. The molecule has 0 aromatic heterocycles. The van der Waals surface area contributed by atoms with Crippen LogP contribution in [0.2, 0.25) is 0 Å². The molecule has 0 atom stereocenters. The van der Waals surface area contributed by atoms with Gasteiger partial charge in [-0.1, -0.05) is 0 Å². The van der Waals surface area contributed by atoms with Crippen molar-refractivity contribution in [3.05, 3.63) is 0 Å². The first-order valence-corrected chi connectivity index (χ1v) is 3.14. The van der Waals surface area contributed by atoms with Crippen LogP contribution in [0.5, 0.6) is 0 Å². The molecule has 0 aliphatic carbocycles. The zero-order valence-electron chi connectivity index (χ0n) is 3.50. The van der Waals surface area contributed by atoms with Gasteiger partial charge in [0.1, 0.15) is 6.66 Å². The smallest absolute Gasteiger partial charge is 0.344 e. The maximum atomic E-state index is 7.74. The predicted molar refractivity (Wildman–Crippen MR) is 24.5 cm³/mol. The Hall–Kier alpha value is 0.270. The highest BCUT2D eigenvalue weighted by atomic mass is 31.2. The molecule has 0 aromatic rings. The molecule has 0 saturated heterocycles. The molecule has 0 aliphatic rings. The fourth-order valence-corrected chi connectivity index (χ4v) is 0. The van der Waals surface area contributed by atoms with E-state index in [1.807, 2.05) is 0 Å². The Morgan fingerprint density at radius 1 is 1.17 bits per heavy atom. The van der Waals surface area contributed by atoms with Gasteiger partial charge in [-0.25, -0.2) is 0 Å². The van der Waals surface area contributed by atoms with Gasteiger partial charge in [-0.2, -0.15) is 14.7 Å². The summed E-state index contributed by atoms with van der Waals surface area (Å²) in [4.78, 5) is 23.2. The molecule has 0 radical (unpaired) electrons. The second kappa shape index (κ2) is 2.44. The molecule has 0 saturated carbocycles. The molecule has 0 fully saturated rings. The molecular weight excluding hydrogens is 105 g/mol. The Labute approximate surface area is 36.6 Å². The van der Waals surface area contributed by atoms with Crippen LogP contribution in [0.15, 0.2) is 0 Å². The third-order valence-corrected chi connectivity index (χ3v) is 0. The second-order valence-electron chi connectivity index (χ2n) is 0.868. The van der Waals surface area contributed by atoms with E-state index in [1.54, 1.807) is 0 Å². The average molecular weight is 114 g/mol. The molecule has 0 unspecified atom stereocenters. The molecule has 0 spiro atoms. The number of rotatable bonds is 0. The first-order valence-electron chi connectivity index (χ1n) is 1.05. The van der Waals surface area contributed by atoms with Crippen molar-refractivity contribution in [2.75, 3.05) is 6.66 Å². The zero-order valence-corrected chi connectivity index (χ0v) is 4.39. The quantitative estimate of drug-likeness (QED) is 0.320. The van der Waals surface area contributed by atoms with Crippen molar-refractivity contribution in [3.63, 3.8) is 0 Å².